The molecule has 0 saturated carbocycles. The number of carboxylic acids is 1. The molecule has 2 saturated heterocycles. The first kappa shape index (κ1) is 42.0. The first-order valence-corrected chi connectivity index (χ1v) is 20.1. The normalized spacial score (nSPS) is 13.6. The Hall–Kier alpha value is -6.60. The molecule has 0 unspecified atom stereocenters. The molecule has 4 aromatic carbocycles. The Balaban J connectivity index is 0.000000164. The molecule has 0 spiro atoms. The van der Waals surface area contributed by atoms with Crippen LogP contribution in [0.1, 0.15) is 70.6 Å². The van der Waals surface area contributed by atoms with Crippen molar-refractivity contribution >= 4 is 23.3 Å². The topological polar surface area (TPSA) is 175 Å². The zero-order valence-corrected chi connectivity index (χ0v) is 33.8. The van der Waals surface area contributed by atoms with Crippen molar-refractivity contribution < 1.29 is 24.2 Å². The third kappa shape index (κ3) is 11.1. The van der Waals surface area contributed by atoms with Gasteiger partial charge < -0.3 is 35.4 Å². The summed E-state index contributed by atoms with van der Waals surface area (Å²) >= 11 is 0. The van der Waals surface area contributed by atoms with Gasteiger partial charge in [-0.25, -0.2) is 4.79 Å². The van der Waals surface area contributed by atoms with Crippen LogP contribution in [0.25, 0.3) is 22.5 Å². The van der Waals surface area contributed by atoms with Crippen molar-refractivity contribution in [2.24, 2.45) is 5.73 Å². The number of hydrogen-bond acceptors (Lipinski definition) is 9. The summed E-state index contributed by atoms with van der Waals surface area (Å²) in [5, 5.41) is 26.5. The highest BCUT2D eigenvalue weighted by molar-refractivity contribution is 5.99. The van der Waals surface area contributed by atoms with Crippen LogP contribution in [-0.4, -0.2) is 77.8 Å². The first-order valence-electron chi connectivity index (χ1n) is 20.1. The van der Waals surface area contributed by atoms with Gasteiger partial charge in [0.1, 0.15) is 11.5 Å². The minimum Gasteiger partial charge on any atom is -0.496 e. The molecule has 0 atom stereocenters. The number of H-pyrrole nitrogens is 2. The van der Waals surface area contributed by atoms with E-state index >= 15 is 0 Å². The standard InChI is InChI=1S/C23H26N4O2.C12H15NO2.C11H13N3O/c1-29-22-12-6-4-9-18(22)20-15-17(25-26-20)16-24-23(28)19-10-3-5-11-21(19)27-13-7-2-8-14-27;14-12(15)10-6-2-3-7-11(10)13-8-4-1-5-9-13;1-15-11-5-3-2-4-9(11)10-6-8(7-12)13-14-10/h3-6,9-12,15H,2,7-8,13-14,16H2,1H3,(H,24,28)(H,25,26);2-3,6-7H,1,4-5,8-9H2,(H,14,15);2-6H,7,12H2,1H3,(H,13,14). The number of ether oxygens (including phenoxy) is 2. The Morgan fingerprint density at radius 3 is 1.58 bits per heavy atom. The summed E-state index contributed by atoms with van der Waals surface area (Å²) in [5.74, 6) is 0.674. The van der Waals surface area contributed by atoms with Gasteiger partial charge >= 0.3 is 5.97 Å². The minimum atomic E-state index is -0.837. The smallest absolute Gasteiger partial charge is 0.337 e. The van der Waals surface area contributed by atoms with Gasteiger partial charge in [0.05, 0.1) is 54.7 Å². The van der Waals surface area contributed by atoms with Crippen molar-refractivity contribution in [2.45, 2.75) is 51.6 Å². The largest absolute Gasteiger partial charge is 0.496 e. The number of benzene rings is 4. The van der Waals surface area contributed by atoms with Crippen LogP contribution >= 0.6 is 0 Å². The molecule has 59 heavy (non-hydrogen) atoms. The van der Waals surface area contributed by atoms with Gasteiger partial charge in [0, 0.05) is 55.2 Å². The van der Waals surface area contributed by atoms with Crippen LogP contribution in [0.3, 0.4) is 0 Å². The maximum absolute atomic E-state index is 12.9. The number of nitrogens with two attached hydrogens (primary N) is 1. The van der Waals surface area contributed by atoms with Gasteiger partial charge in [-0.3, -0.25) is 15.0 Å². The zero-order valence-electron chi connectivity index (χ0n) is 33.8. The number of nitrogens with zero attached hydrogens (tertiary/aromatic N) is 4. The third-order valence-corrected chi connectivity index (χ3v) is 10.4. The van der Waals surface area contributed by atoms with E-state index < -0.39 is 5.97 Å². The van der Waals surface area contributed by atoms with Crippen LogP contribution in [0.5, 0.6) is 11.5 Å². The predicted octanol–water partition coefficient (Wildman–Crippen LogP) is 7.92. The molecule has 13 nitrogen and oxygen atoms in total. The highest BCUT2D eigenvalue weighted by atomic mass is 16.5. The monoisotopic (exact) mass is 798 g/mol. The lowest BCUT2D eigenvalue weighted by Gasteiger charge is -2.30. The Labute approximate surface area is 345 Å². The molecule has 6 N–H and O–H groups in total. The van der Waals surface area contributed by atoms with E-state index in [1.807, 2.05) is 97.1 Å². The zero-order chi connectivity index (χ0) is 41.4. The quantitative estimate of drug-likeness (QED) is 0.0866. The number of aromatic nitrogens is 4. The Morgan fingerprint density at radius 2 is 1.08 bits per heavy atom. The lowest BCUT2D eigenvalue weighted by molar-refractivity contribution is 0.0697. The number of aromatic amines is 2. The molecule has 2 aromatic heterocycles. The summed E-state index contributed by atoms with van der Waals surface area (Å²) in [7, 11) is 3.29. The van der Waals surface area contributed by atoms with E-state index in [-0.39, 0.29) is 5.91 Å². The molecule has 4 heterocycles. The molecule has 0 radical (unpaired) electrons. The number of carbonyl (C=O) groups is 2. The van der Waals surface area contributed by atoms with Crippen molar-refractivity contribution in [1.29, 1.82) is 0 Å². The molecule has 0 bridgehead atoms. The Kier molecular flexibility index (Phi) is 15.1. The number of amides is 1. The van der Waals surface area contributed by atoms with Crippen molar-refractivity contribution in [3.05, 3.63) is 132 Å². The van der Waals surface area contributed by atoms with Crippen LogP contribution in [0, 0.1) is 0 Å². The number of hydrogen-bond donors (Lipinski definition) is 5. The molecule has 6 aromatic rings. The van der Waals surface area contributed by atoms with Gasteiger partial charge in [0.25, 0.3) is 5.91 Å². The fourth-order valence-corrected chi connectivity index (χ4v) is 7.32. The second-order valence-corrected chi connectivity index (χ2v) is 14.3. The van der Waals surface area contributed by atoms with Crippen molar-refractivity contribution in [3.8, 4) is 34.0 Å². The van der Waals surface area contributed by atoms with Crippen molar-refractivity contribution in [2.75, 3.05) is 50.2 Å². The van der Waals surface area contributed by atoms with E-state index in [1.54, 1.807) is 26.4 Å². The first-order chi connectivity index (χ1) is 28.9. The van der Waals surface area contributed by atoms with Crippen molar-refractivity contribution in [1.82, 2.24) is 25.7 Å². The summed E-state index contributed by atoms with van der Waals surface area (Å²) in [4.78, 5) is 28.4. The van der Waals surface area contributed by atoms with E-state index in [0.29, 0.717) is 18.7 Å². The predicted molar refractivity (Wildman–Crippen MR) is 232 cm³/mol. The molecule has 8 rings (SSSR count). The van der Waals surface area contributed by atoms with Crippen molar-refractivity contribution in [3.63, 3.8) is 0 Å². The van der Waals surface area contributed by atoms with Gasteiger partial charge in [-0.1, -0.05) is 48.5 Å². The van der Waals surface area contributed by atoms with E-state index in [4.69, 9.17) is 20.3 Å². The summed E-state index contributed by atoms with van der Waals surface area (Å²) in [5.41, 5.74) is 13.8. The van der Waals surface area contributed by atoms with Gasteiger partial charge in [-0.2, -0.15) is 10.2 Å². The number of nitrogens with one attached hydrogen (secondary N) is 3. The molecule has 13 heteroatoms. The number of piperidine rings is 2. The van der Waals surface area contributed by atoms with Gasteiger partial charge in [0.2, 0.25) is 0 Å². The summed E-state index contributed by atoms with van der Waals surface area (Å²) in [6.45, 7) is 4.81. The van der Waals surface area contributed by atoms with Crippen LogP contribution in [-0.2, 0) is 13.1 Å². The molecular weight excluding hydrogens is 745 g/mol. The minimum absolute atomic E-state index is 0.0698. The summed E-state index contributed by atoms with van der Waals surface area (Å²) in [6.07, 6.45) is 7.19. The van der Waals surface area contributed by atoms with E-state index in [2.05, 4.69) is 35.5 Å². The summed E-state index contributed by atoms with van der Waals surface area (Å²) < 4.78 is 10.7. The molecule has 0 aliphatic carbocycles. The average Bonchev–Trinajstić information content (AvgIpc) is 4.00. The lowest BCUT2D eigenvalue weighted by atomic mass is 10.1. The maximum Gasteiger partial charge on any atom is 0.337 e. The van der Waals surface area contributed by atoms with Crippen LogP contribution in [0.2, 0.25) is 0 Å². The molecule has 308 valence electrons. The number of carboxylic acid groups (broad SMARTS) is 1. The Morgan fingerprint density at radius 1 is 0.644 bits per heavy atom. The fraction of sp³-hybridized carbons (Fsp3) is 0.304. The van der Waals surface area contributed by atoms with Crippen LogP contribution in [0.15, 0.2) is 109 Å². The highest BCUT2D eigenvalue weighted by Gasteiger charge is 2.19. The number of carbonyl (C=O) groups excluding carboxylic acids is 1. The van der Waals surface area contributed by atoms with Crippen LogP contribution in [0.4, 0.5) is 11.4 Å². The molecule has 2 fully saturated rings. The number of methoxy groups -OCH3 is 2. The number of aromatic carboxylic acids is 1. The molecular formula is C46H54N8O5. The van der Waals surface area contributed by atoms with E-state index in [1.165, 1.54) is 25.7 Å². The SMILES string of the molecule is COc1ccccc1-c1cc(CN)[nH]n1.COc1ccccc1-c1cc(CNC(=O)c2ccccc2N2CCCCC2)[nH]n1.O=C(O)c1ccccc1N1CCCCC1. The molecule has 2 aliphatic rings. The van der Waals surface area contributed by atoms with Crippen LogP contribution < -0.4 is 30.3 Å². The summed E-state index contributed by atoms with van der Waals surface area (Å²) in [6, 6.07) is 34.5. The van der Waals surface area contributed by atoms with E-state index in [0.717, 1.165) is 101 Å². The third-order valence-electron chi connectivity index (χ3n) is 10.4. The van der Waals surface area contributed by atoms with Gasteiger partial charge in [-0.15, -0.1) is 0 Å². The number of anilines is 2. The molecule has 2 aliphatic heterocycles. The van der Waals surface area contributed by atoms with Gasteiger partial charge in [-0.05, 0) is 99.2 Å². The number of para-hydroxylation sites is 4. The highest BCUT2D eigenvalue weighted by Crippen LogP contribution is 2.30. The second-order valence-electron chi connectivity index (χ2n) is 14.3. The number of rotatable bonds is 11. The van der Waals surface area contributed by atoms with E-state index in [9.17, 15) is 9.59 Å². The van der Waals surface area contributed by atoms with Gasteiger partial charge in [0.15, 0.2) is 0 Å². The molecule has 1 amide bonds. The maximum atomic E-state index is 12.9. The second kappa shape index (κ2) is 21.2. The Bertz CT molecular complexity index is 2260. The lowest BCUT2D eigenvalue weighted by Crippen LogP contribution is -2.32. The average molecular weight is 799 g/mol. The fourth-order valence-electron chi connectivity index (χ4n) is 7.32.